The molecular formula is C17H23N3O2. The Kier molecular flexibility index (Phi) is 5.33. The fourth-order valence-electron chi connectivity index (χ4n) is 2.11. The lowest BCUT2D eigenvalue weighted by Crippen LogP contribution is -2.38. The summed E-state index contributed by atoms with van der Waals surface area (Å²) in [5, 5.41) is 13.4. The first-order valence-corrected chi connectivity index (χ1v) is 7.52. The van der Waals surface area contributed by atoms with Crippen LogP contribution in [0, 0.1) is 5.92 Å². The maximum absolute atomic E-state index is 12.1. The van der Waals surface area contributed by atoms with Gasteiger partial charge in [0.25, 0.3) is 0 Å². The number of hydrogen-bond acceptors (Lipinski definition) is 3. The van der Waals surface area contributed by atoms with E-state index < -0.39 is 6.10 Å². The summed E-state index contributed by atoms with van der Waals surface area (Å²) in [5.41, 5.74) is 0.755. The van der Waals surface area contributed by atoms with E-state index in [0.717, 1.165) is 5.56 Å². The lowest BCUT2D eigenvalue weighted by molar-refractivity contribution is -0.122. The molecule has 5 heteroatoms. The number of imidazole rings is 1. The highest BCUT2D eigenvalue weighted by Gasteiger charge is 2.18. The van der Waals surface area contributed by atoms with Gasteiger partial charge in [-0.05, 0) is 18.4 Å². The summed E-state index contributed by atoms with van der Waals surface area (Å²) in [6.45, 7) is 6.26. The molecule has 5 nitrogen and oxygen atoms in total. The van der Waals surface area contributed by atoms with Gasteiger partial charge >= 0.3 is 0 Å². The van der Waals surface area contributed by atoms with Crippen molar-refractivity contribution in [2.75, 3.05) is 0 Å². The number of hydrogen-bond donors (Lipinski definition) is 2. The second-order valence-corrected chi connectivity index (χ2v) is 5.83. The van der Waals surface area contributed by atoms with Gasteiger partial charge in [0.15, 0.2) is 0 Å². The highest BCUT2D eigenvalue weighted by Crippen LogP contribution is 2.20. The molecule has 0 saturated heterocycles. The molecule has 0 aliphatic rings. The van der Waals surface area contributed by atoms with Crippen LogP contribution in [0.2, 0.25) is 0 Å². The Morgan fingerprint density at radius 2 is 1.95 bits per heavy atom. The number of nitrogens with one attached hydrogen (secondary N) is 1. The number of nitrogens with zero attached hydrogens (tertiary/aromatic N) is 2. The zero-order chi connectivity index (χ0) is 16.1. The Balaban J connectivity index is 2.08. The lowest BCUT2D eigenvalue weighted by Gasteiger charge is -2.18. The maximum atomic E-state index is 12.1. The molecular weight excluding hydrogens is 278 g/mol. The van der Waals surface area contributed by atoms with E-state index >= 15 is 0 Å². The van der Waals surface area contributed by atoms with Crippen LogP contribution in [0.3, 0.4) is 0 Å². The third-order valence-corrected chi connectivity index (χ3v) is 3.81. The highest BCUT2D eigenvalue weighted by molar-refractivity contribution is 5.76. The third kappa shape index (κ3) is 3.95. The topological polar surface area (TPSA) is 67.2 Å². The van der Waals surface area contributed by atoms with Gasteiger partial charge in [-0.15, -0.1) is 0 Å². The van der Waals surface area contributed by atoms with Crippen LogP contribution in [-0.2, 0) is 11.3 Å². The van der Waals surface area contributed by atoms with Crippen LogP contribution in [0.1, 0.15) is 38.3 Å². The Morgan fingerprint density at radius 3 is 2.59 bits per heavy atom. The average molecular weight is 301 g/mol. The van der Waals surface area contributed by atoms with Crippen LogP contribution < -0.4 is 5.32 Å². The molecule has 0 unspecified atom stereocenters. The van der Waals surface area contributed by atoms with E-state index in [2.05, 4.69) is 24.1 Å². The van der Waals surface area contributed by atoms with Gasteiger partial charge in [-0.1, -0.05) is 44.2 Å². The van der Waals surface area contributed by atoms with Crippen molar-refractivity contribution < 1.29 is 9.90 Å². The zero-order valence-electron chi connectivity index (χ0n) is 13.2. The average Bonchev–Trinajstić information content (AvgIpc) is 2.95. The van der Waals surface area contributed by atoms with Crippen molar-refractivity contribution >= 4 is 5.91 Å². The Labute approximate surface area is 131 Å². The maximum Gasteiger partial charge on any atom is 0.240 e. The molecule has 0 saturated carbocycles. The van der Waals surface area contributed by atoms with Crippen molar-refractivity contribution in [1.82, 2.24) is 14.9 Å². The minimum absolute atomic E-state index is 0.0827. The van der Waals surface area contributed by atoms with Crippen LogP contribution in [0.25, 0.3) is 0 Å². The summed E-state index contributed by atoms with van der Waals surface area (Å²) < 4.78 is 1.68. The Morgan fingerprint density at radius 1 is 1.27 bits per heavy atom. The van der Waals surface area contributed by atoms with Gasteiger partial charge in [-0.25, -0.2) is 4.98 Å². The number of benzene rings is 1. The van der Waals surface area contributed by atoms with Crippen molar-refractivity contribution in [2.24, 2.45) is 5.92 Å². The molecule has 2 atom stereocenters. The molecule has 0 fully saturated rings. The molecule has 2 N–H and O–H groups in total. The number of aliphatic hydroxyl groups excluding tert-OH is 1. The van der Waals surface area contributed by atoms with Crippen LogP contribution in [0.5, 0.6) is 0 Å². The summed E-state index contributed by atoms with van der Waals surface area (Å²) in [6, 6.07) is 9.41. The number of amides is 1. The fourth-order valence-corrected chi connectivity index (χ4v) is 2.11. The van der Waals surface area contributed by atoms with E-state index in [4.69, 9.17) is 0 Å². The summed E-state index contributed by atoms with van der Waals surface area (Å²) in [5.74, 6) is 0.764. The van der Waals surface area contributed by atoms with Crippen LogP contribution >= 0.6 is 0 Å². The SMILES string of the molecule is CC(C)[C@@H](C)NC(=O)Cn1ccnc1[C@H](O)c1ccccc1. The number of aliphatic hydroxyl groups is 1. The van der Waals surface area contributed by atoms with Crippen LogP contribution in [0.15, 0.2) is 42.7 Å². The van der Waals surface area contributed by atoms with Crippen molar-refractivity contribution in [3.8, 4) is 0 Å². The van der Waals surface area contributed by atoms with E-state index in [0.29, 0.717) is 11.7 Å². The number of carbonyl (C=O) groups is 1. The Hall–Kier alpha value is -2.14. The second-order valence-electron chi connectivity index (χ2n) is 5.83. The van der Waals surface area contributed by atoms with Crippen LogP contribution in [0.4, 0.5) is 0 Å². The van der Waals surface area contributed by atoms with E-state index in [1.54, 1.807) is 17.0 Å². The van der Waals surface area contributed by atoms with Gasteiger partial charge in [0, 0.05) is 18.4 Å². The molecule has 0 aliphatic heterocycles. The molecule has 1 amide bonds. The lowest BCUT2D eigenvalue weighted by atomic mass is 10.1. The van der Waals surface area contributed by atoms with E-state index in [1.807, 2.05) is 37.3 Å². The monoisotopic (exact) mass is 301 g/mol. The molecule has 2 aromatic rings. The van der Waals surface area contributed by atoms with Crippen molar-refractivity contribution in [1.29, 1.82) is 0 Å². The summed E-state index contributed by atoms with van der Waals surface area (Å²) in [7, 11) is 0. The van der Waals surface area contributed by atoms with Gasteiger partial charge in [-0.2, -0.15) is 0 Å². The number of aromatic nitrogens is 2. The second kappa shape index (κ2) is 7.22. The highest BCUT2D eigenvalue weighted by atomic mass is 16.3. The van der Waals surface area contributed by atoms with Gasteiger partial charge < -0.3 is 15.0 Å². The largest absolute Gasteiger partial charge is 0.380 e. The van der Waals surface area contributed by atoms with Gasteiger partial charge in [0.1, 0.15) is 18.5 Å². The molecule has 1 heterocycles. The first-order chi connectivity index (χ1) is 10.5. The third-order valence-electron chi connectivity index (χ3n) is 3.81. The van der Waals surface area contributed by atoms with E-state index in [1.165, 1.54) is 0 Å². The van der Waals surface area contributed by atoms with Crippen LogP contribution in [-0.4, -0.2) is 26.6 Å². The predicted molar refractivity (Wildman–Crippen MR) is 85.2 cm³/mol. The number of rotatable bonds is 6. The van der Waals surface area contributed by atoms with Gasteiger partial charge in [0.2, 0.25) is 5.91 Å². The summed E-state index contributed by atoms with van der Waals surface area (Å²) in [6.07, 6.45) is 2.47. The van der Waals surface area contributed by atoms with Crippen molar-refractivity contribution in [3.05, 3.63) is 54.1 Å². The first kappa shape index (κ1) is 16.2. The quantitative estimate of drug-likeness (QED) is 0.859. The van der Waals surface area contributed by atoms with E-state index in [-0.39, 0.29) is 18.5 Å². The molecule has 22 heavy (non-hydrogen) atoms. The Bertz CT molecular complexity index is 607. The zero-order valence-corrected chi connectivity index (χ0v) is 13.2. The molecule has 2 rings (SSSR count). The minimum Gasteiger partial charge on any atom is -0.380 e. The normalized spacial score (nSPS) is 13.9. The first-order valence-electron chi connectivity index (χ1n) is 7.52. The standard InChI is InChI=1S/C17H23N3O2/c1-12(2)13(3)19-15(21)11-20-10-9-18-17(20)16(22)14-7-5-4-6-8-14/h4-10,12-13,16,22H,11H2,1-3H3,(H,19,21)/t13-,16-/m1/s1. The summed E-state index contributed by atoms with van der Waals surface area (Å²) >= 11 is 0. The predicted octanol–water partition coefficient (Wildman–Crippen LogP) is 2.13. The molecule has 118 valence electrons. The van der Waals surface area contributed by atoms with Crippen molar-refractivity contribution in [2.45, 2.75) is 39.5 Å². The smallest absolute Gasteiger partial charge is 0.240 e. The molecule has 1 aromatic heterocycles. The molecule has 1 aromatic carbocycles. The molecule has 0 aliphatic carbocycles. The van der Waals surface area contributed by atoms with Gasteiger partial charge in [0.05, 0.1) is 0 Å². The molecule has 0 spiro atoms. The minimum atomic E-state index is -0.841. The molecule has 0 bridgehead atoms. The van der Waals surface area contributed by atoms with Crippen molar-refractivity contribution in [3.63, 3.8) is 0 Å². The molecule has 0 radical (unpaired) electrons. The van der Waals surface area contributed by atoms with E-state index in [9.17, 15) is 9.90 Å². The summed E-state index contributed by atoms with van der Waals surface area (Å²) in [4.78, 5) is 16.3. The fraction of sp³-hybridized carbons (Fsp3) is 0.412. The number of carbonyl (C=O) groups excluding carboxylic acids is 1. The van der Waals surface area contributed by atoms with Gasteiger partial charge in [-0.3, -0.25) is 4.79 Å².